The second-order valence-corrected chi connectivity index (χ2v) is 6.31. The van der Waals surface area contributed by atoms with E-state index in [-0.39, 0.29) is 5.95 Å². The third-order valence-corrected chi connectivity index (χ3v) is 4.73. The summed E-state index contributed by atoms with van der Waals surface area (Å²) >= 11 is 0. The zero-order valence-corrected chi connectivity index (χ0v) is 13.8. The van der Waals surface area contributed by atoms with Crippen LogP contribution in [0.25, 0.3) is 11.0 Å². The molecule has 0 spiro atoms. The number of rotatable bonds is 4. The predicted octanol–water partition coefficient (Wildman–Crippen LogP) is 2.92. The molecule has 1 aromatic heterocycles. The highest BCUT2D eigenvalue weighted by Crippen LogP contribution is 2.23. The number of benzene rings is 2. The Bertz CT molecular complexity index is 905. The first-order valence-electron chi connectivity index (χ1n) is 7.01. The average molecular weight is 345 g/mol. The van der Waals surface area contributed by atoms with Gasteiger partial charge in [-0.2, -0.15) is 0 Å². The minimum atomic E-state index is -1.33. The Labute approximate surface area is 140 Å². The lowest BCUT2D eigenvalue weighted by molar-refractivity contribution is 0.186. The number of anilines is 1. The largest absolute Gasteiger partial charge is 0.497 e. The number of H-pyrrole nitrogens is 1. The maximum Gasteiger partial charge on any atom is 0.413 e. The van der Waals surface area contributed by atoms with Crippen molar-refractivity contribution >= 4 is 33.9 Å². The average Bonchev–Trinajstić information content (AvgIpc) is 3.02. The lowest BCUT2D eigenvalue weighted by Crippen LogP contribution is -2.11. The smallest absolute Gasteiger partial charge is 0.413 e. The van der Waals surface area contributed by atoms with Crippen molar-refractivity contribution in [3.63, 3.8) is 0 Å². The van der Waals surface area contributed by atoms with Crippen LogP contribution < -0.4 is 10.1 Å². The van der Waals surface area contributed by atoms with Crippen molar-refractivity contribution in [1.29, 1.82) is 0 Å². The number of amides is 1. The number of aromatic amines is 1. The van der Waals surface area contributed by atoms with Gasteiger partial charge in [0.05, 0.1) is 36.1 Å². The molecule has 8 heteroatoms. The van der Waals surface area contributed by atoms with Gasteiger partial charge in [-0.25, -0.2) is 14.0 Å². The number of carbonyl (C=O) groups is 1. The molecule has 0 radical (unpaired) electrons. The Hall–Kier alpha value is -2.87. The van der Waals surface area contributed by atoms with E-state index in [2.05, 4.69) is 20.0 Å². The van der Waals surface area contributed by atoms with Gasteiger partial charge in [-0.15, -0.1) is 0 Å². The van der Waals surface area contributed by atoms with Crippen LogP contribution in [-0.4, -0.2) is 34.5 Å². The van der Waals surface area contributed by atoms with Crippen LogP contribution in [-0.2, 0) is 15.5 Å². The number of aromatic nitrogens is 2. The van der Waals surface area contributed by atoms with E-state index in [0.29, 0.717) is 26.6 Å². The molecular formula is C16H15N3O4S. The highest BCUT2D eigenvalue weighted by Gasteiger charge is 2.11. The third-order valence-electron chi connectivity index (χ3n) is 3.35. The van der Waals surface area contributed by atoms with Crippen molar-refractivity contribution in [1.82, 2.24) is 9.97 Å². The van der Waals surface area contributed by atoms with Crippen LogP contribution >= 0.6 is 0 Å². The zero-order valence-electron chi connectivity index (χ0n) is 13.0. The number of fused-ring (bicyclic) bond motifs is 1. The van der Waals surface area contributed by atoms with E-state index >= 15 is 0 Å². The minimum Gasteiger partial charge on any atom is -0.497 e. The van der Waals surface area contributed by atoms with Crippen LogP contribution in [0.5, 0.6) is 5.75 Å². The number of nitrogens with one attached hydrogen (secondary N) is 2. The molecule has 0 aliphatic carbocycles. The fourth-order valence-corrected chi connectivity index (χ4v) is 3.22. The van der Waals surface area contributed by atoms with Gasteiger partial charge in [0.25, 0.3) is 0 Å². The molecule has 0 fully saturated rings. The van der Waals surface area contributed by atoms with Crippen LogP contribution in [0, 0.1) is 0 Å². The second kappa shape index (κ2) is 6.71. The number of imidazole rings is 1. The molecule has 124 valence electrons. The Morgan fingerprint density at radius 2 is 1.83 bits per heavy atom. The van der Waals surface area contributed by atoms with Gasteiger partial charge in [-0.05, 0) is 42.5 Å². The van der Waals surface area contributed by atoms with Gasteiger partial charge in [0.2, 0.25) is 5.95 Å². The third kappa shape index (κ3) is 3.23. The first-order chi connectivity index (χ1) is 11.6. The first kappa shape index (κ1) is 16.0. The highest BCUT2D eigenvalue weighted by atomic mass is 32.2. The Morgan fingerprint density at radius 1 is 1.12 bits per heavy atom. The molecule has 0 saturated carbocycles. The molecule has 1 unspecified atom stereocenters. The Kier molecular flexibility index (Phi) is 4.48. The quantitative estimate of drug-likeness (QED) is 0.758. The summed E-state index contributed by atoms with van der Waals surface area (Å²) in [5.41, 5.74) is 1.32. The van der Waals surface area contributed by atoms with Crippen molar-refractivity contribution in [3.8, 4) is 5.75 Å². The molecule has 1 amide bonds. The molecular weight excluding hydrogens is 330 g/mol. The molecule has 3 aromatic rings. The first-order valence-corrected chi connectivity index (χ1v) is 8.16. The number of ether oxygens (including phenoxy) is 2. The number of nitrogens with zero attached hydrogens (tertiary/aromatic N) is 1. The fourth-order valence-electron chi connectivity index (χ4n) is 2.15. The molecule has 0 saturated heterocycles. The summed E-state index contributed by atoms with van der Waals surface area (Å²) in [5.74, 6) is 0.975. The van der Waals surface area contributed by atoms with E-state index in [4.69, 9.17) is 4.74 Å². The molecule has 7 nitrogen and oxygen atoms in total. The van der Waals surface area contributed by atoms with Gasteiger partial charge in [0.1, 0.15) is 5.75 Å². The normalized spacial score (nSPS) is 11.9. The molecule has 0 aliphatic heterocycles. The van der Waals surface area contributed by atoms with Crippen LogP contribution in [0.2, 0.25) is 0 Å². The maximum absolute atomic E-state index is 12.7. The molecule has 1 heterocycles. The van der Waals surface area contributed by atoms with Crippen molar-refractivity contribution in [2.45, 2.75) is 9.79 Å². The van der Waals surface area contributed by atoms with Crippen molar-refractivity contribution < 1.29 is 18.5 Å². The standard InChI is InChI=1S/C16H15N3O4S/c1-22-10-3-5-11(6-4-10)24(21)12-7-8-13-14(9-12)18-15(17-13)19-16(20)23-2/h3-9H,1-2H3,(H2,17,18,19,20). The van der Waals surface area contributed by atoms with E-state index in [9.17, 15) is 9.00 Å². The van der Waals surface area contributed by atoms with Crippen LogP contribution in [0.1, 0.15) is 0 Å². The van der Waals surface area contributed by atoms with Crippen LogP contribution in [0.4, 0.5) is 10.7 Å². The monoisotopic (exact) mass is 345 g/mol. The molecule has 0 aliphatic rings. The van der Waals surface area contributed by atoms with Gasteiger partial charge in [-0.1, -0.05) is 0 Å². The predicted molar refractivity (Wildman–Crippen MR) is 89.8 cm³/mol. The zero-order chi connectivity index (χ0) is 17.1. The lowest BCUT2D eigenvalue weighted by atomic mass is 10.3. The van der Waals surface area contributed by atoms with Gasteiger partial charge in [0, 0.05) is 9.79 Å². The van der Waals surface area contributed by atoms with E-state index < -0.39 is 16.9 Å². The van der Waals surface area contributed by atoms with E-state index in [1.165, 1.54) is 7.11 Å². The van der Waals surface area contributed by atoms with Crippen LogP contribution in [0.15, 0.2) is 52.3 Å². The van der Waals surface area contributed by atoms with Crippen molar-refractivity contribution in [2.75, 3.05) is 19.5 Å². The van der Waals surface area contributed by atoms with Gasteiger partial charge in [-0.3, -0.25) is 5.32 Å². The van der Waals surface area contributed by atoms with Gasteiger partial charge >= 0.3 is 6.09 Å². The second-order valence-electron chi connectivity index (χ2n) is 4.83. The molecule has 1 atom stereocenters. The Morgan fingerprint density at radius 3 is 2.50 bits per heavy atom. The van der Waals surface area contributed by atoms with Crippen molar-refractivity contribution in [3.05, 3.63) is 42.5 Å². The molecule has 2 N–H and O–H groups in total. The van der Waals surface area contributed by atoms with E-state index in [0.717, 1.165) is 0 Å². The summed E-state index contributed by atoms with van der Waals surface area (Å²) < 4.78 is 22.3. The molecule has 2 aromatic carbocycles. The Balaban J connectivity index is 1.88. The molecule has 24 heavy (non-hydrogen) atoms. The minimum absolute atomic E-state index is 0.268. The molecule has 0 bridgehead atoms. The van der Waals surface area contributed by atoms with Gasteiger partial charge < -0.3 is 14.5 Å². The summed E-state index contributed by atoms with van der Waals surface area (Å²) in [7, 11) is 1.52. The maximum atomic E-state index is 12.7. The number of hydrogen-bond acceptors (Lipinski definition) is 5. The summed E-state index contributed by atoms with van der Waals surface area (Å²) in [6, 6.07) is 12.3. The topological polar surface area (TPSA) is 93.3 Å². The summed E-state index contributed by atoms with van der Waals surface area (Å²) in [6.07, 6.45) is -0.615. The lowest BCUT2D eigenvalue weighted by Gasteiger charge is -2.04. The SMILES string of the molecule is COC(=O)Nc1nc2ccc(S(=O)c3ccc(OC)cc3)cc2[nH]1. The number of hydrogen-bond donors (Lipinski definition) is 2. The summed E-state index contributed by atoms with van der Waals surface area (Å²) in [5, 5.41) is 2.46. The van der Waals surface area contributed by atoms with Crippen molar-refractivity contribution in [2.24, 2.45) is 0 Å². The summed E-state index contributed by atoms with van der Waals surface area (Å²) in [6.45, 7) is 0. The summed E-state index contributed by atoms with van der Waals surface area (Å²) in [4.78, 5) is 19.7. The fraction of sp³-hybridized carbons (Fsp3) is 0.125. The van der Waals surface area contributed by atoms with Gasteiger partial charge in [0.15, 0.2) is 0 Å². The number of carbonyl (C=O) groups excluding carboxylic acids is 1. The van der Waals surface area contributed by atoms with E-state index in [1.54, 1.807) is 49.6 Å². The molecule has 3 rings (SSSR count). The van der Waals surface area contributed by atoms with E-state index in [1.807, 2.05) is 0 Å². The highest BCUT2D eigenvalue weighted by molar-refractivity contribution is 7.85. The van der Waals surface area contributed by atoms with Crippen LogP contribution in [0.3, 0.4) is 0 Å². The number of methoxy groups -OCH3 is 2.